The lowest BCUT2D eigenvalue weighted by Crippen LogP contribution is -2.50. The van der Waals surface area contributed by atoms with Gasteiger partial charge in [0.25, 0.3) is 0 Å². The highest BCUT2D eigenvalue weighted by Gasteiger charge is 2.30. The Hall–Kier alpha value is -3.85. The van der Waals surface area contributed by atoms with Gasteiger partial charge < -0.3 is 15.0 Å². The number of aryl methyl sites for hydroxylation is 2. The number of carbonyl (C=O) groups excluding carboxylic acids is 2. The molecule has 3 rings (SSSR count). The molecule has 0 saturated carbocycles. The van der Waals surface area contributed by atoms with Crippen molar-refractivity contribution in [3.8, 4) is 5.75 Å². The molecule has 0 aliphatic heterocycles. The van der Waals surface area contributed by atoms with Crippen LogP contribution in [0.2, 0.25) is 0 Å². The molecular weight excluding hydrogens is 550 g/mol. The Balaban J connectivity index is 1.89. The first-order chi connectivity index (χ1) is 20.0. The lowest BCUT2D eigenvalue weighted by atomic mass is 10.0. The van der Waals surface area contributed by atoms with Crippen LogP contribution in [-0.2, 0) is 32.6 Å². The molecule has 9 heteroatoms. The van der Waals surface area contributed by atoms with Crippen molar-refractivity contribution in [1.82, 2.24) is 10.2 Å². The van der Waals surface area contributed by atoms with Crippen LogP contribution in [-0.4, -0.2) is 57.6 Å². The summed E-state index contributed by atoms with van der Waals surface area (Å²) in [5, 5.41) is 2.98. The fourth-order valence-electron chi connectivity index (χ4n) is 4.77. The molecule has 1 atom stereocenters. The monoisotopic (exact) mass is 593 g/mol. The van der Waals surface area contributed by atoms with Crippen LogP contribution < -0.4 is 14.4 Å². The fourth-order valence-corrected chi connectivity index (χ4v) is 5.73. The summed E-state index contributed by atoms with van der Waals surface area (Å²) in [5.41, 5.74) is 4.40. The average Bonchev–Trinajstić information content (AvgIpc) is 2.97. The van der Waals surface area contributed by atoms with Gasteiger partial charge in [-0.3, -0.25) is 13.9 Å². The van der Waals surface area contributed by atoms with Crippen LogP contribution in [0.1, 0.15) is 48.4 Å². The van der Waals surface area contributed by atoms with Crippen LogP contribution in [0.3, 0.4) is 0 Å². The highest BCUT2D eigenvalue weighted by molar-refractivity contribution is 7.92. The summed E-state index contributed by atoms with van der Waals surface area (Å²) in [6.07, 6.45) is 2.67. The second kappa shape index (κ2) is 15.4. The van der Waals surface area contributed by atoms with Gasteiger partial charge in [-0.1, -0.05) is 55.5 Å². The molecular formula is C33H43N3O5S. The molecule has 0 radical (unpaired) electrons. The van der Waals surface area contributed by atoms with Crippen LogP contribution >= 0.6 is 0 Å². The van der Waals surface area contributed by atoms with Crippen LogP contribution in [0.5, 0.6) is 5.75 Å². The zero-order valence-corrected chi connectivity index (χ0v) is 26.1. The van der Waals surface area contributed by atoms with Crippen molar-refractivity contribution in [2.75, 3.05) is 30.8 Å². The molecule has 3 aromatic carbocycles. The fraction of sp³-hybridized carbons (Fsp3) is 0.394. The van der Waals surface area contributed by atoms with Crippen molar-refractivity contribution >= 4 is 27.5 Å². The Bertz CT molecular complexity index is 1440. The molecule has 0 aliphatic carbocycles. The number of nitrogens with zero attached hydrogens (tertiary/aromatic N) is 2. The summed E-state index contributed by atoms with van der Waals surface area (Å²) < 4.78 is 32.1. The minimum Gasteiger partial charge on any atom is -0.497 e. The average molecular weight is 594 g/mol. The van der Waals surface area contributed by atoms with E-state index in [0.717, 1.165) is 28.7 Å². The Morgan fingerprint density at radius 1 is 0.929 bits per heavy atom. The molecule has 226 valence electrons. The van der Waals surface area contributed by atoms with E-state index < -0.39 is 16.1 Å². The van der Waals surface area contributed by atoms with E-state index in [-0.39, 0.29) is 31.3 Å². The van der Waals surface area contributed by atoms with Crippen LogP contribution in [0.25, 0.3) is 0 Å². The maximum absolute atomic E-state index is 13.9. The zero-order valence-electron chi connectivity index (χ0n) is 25.3. The third-order valence-corrected chi connectivity index (χ3v) is 8.43. The summed E-state index contributed by atoms with van der Waals surface area (Å²) in [5.74, 6) is 0.218. The molecule has 0 heterocycles. The van der Waals surface area contributed by atoms with Gasteiger partial charge in [-0.2, -0.15) is 0 Å². The molecule has 3 aromatic rings. The molecule has 42 heavy (non-hydrogen) atoms. The third kappa shape index (κ3) is 9.34. The lowest BCUT2D eigenvalue weighted by molar-refractivity contribution is -0.141. The molecule has 0 saturated heterocycles. The standard InChI is InChI=1S/C33H43N3O5S/c1-6-19-34-33(38)31(23-27-12-8-7-9-13-27)35(24-28-14-10-15-30(22-28)41-4)32(37)16-11-20-36(42(5,39)40)29-18-17-25(2)26(3)21-29/h7-10,12-15,17-18,21-22,31H,6,11,16,19-20,23-24H2,1-5H3,(H,34,38)/t31-/m1/s1. The lowest BCUT2D eigenvalue weighted by Gasteiger charge is -2.32. The predicted molar refractivity (Wildman–Crippen MR) is 168 cm³/mol. The van der Waals surface area contributed by atoms with Gasteiger partial charge in [0, 0.05) is 32.5 Å². The number of amides is 2. The van der Waals surface area contributed by atoms with E-state index in [1.807, 2.05) is 87.5 Å². The van der Waals surface area contributed by atoms with Crippen molar-refractivity contribution < 1.29 is 22.7 Å². The topological polar surface area (TPSA) is 96.0 Å². The largest absolute Gasteiger partial charge is 0.497 e. The second-order valence-electron chi connectivity index (χ2n) is 10.6. The molecule has 0 aromatic heterocycles. The predicted octanol–water partition coefficient (Wildman–Crippen LogP) is 5.02. The summed E-state index contributed by atoms with van der Waals surface area (Å²) in [6, 6.07) is 21.9. The molecule has 0 bridgehead atoms. The van der Waals surface area contributed by atoms with Crippen molar-refractivity contribution in [2.45, 2.75) is 59.0 Å². The van der Waals surface area contributed by atoms with Gasteiger partial charge >= 0.3 is 0 Å². The van der Waals surface area contributed by atoms with Gasteiger partial charge in [0.05, 0.1) is 19.1 Å². The summed E-state index contributed by atoms with van der Waals surface area (Å²) in [7, 11) is -1.99. The van der Waals surface area contributed by atoms with E-state index in [1.54, 1.807) is 18.1 Å². The zero-order chi connectivity index (χ0) is 30.7. The smallest absolute Gasteiger partial charge is 0.243 e. The van der Waals surface area contributed by atoms with Crippen molar-refractivity contribution in [2.24, 2.45) is 0 Å². The maximum Gasteiger partial charge on any atom is 0.243 e. The number of sulfonamides is 1. The number of carbonyl (C=O) groups is 2. The van der Waals surface area contributed by atoms with Gasteiger partial charge in [0.15, 0.2) is 0 Å². The molecule has 0 unspecified atom stereocenters. The molecule has 8 nitrogen and oxygen atoms in total. The maximum atomic E-state index is 13.9. The quantitative estimate of drug-likeness (QED) is 0.267. The van der Waals surface area contributed by atoms with E-state index in [1.165, 1.54) is 10.6 Å². The Morgan fingerprint density at radius 3 is 2.29 bits per heavy atom. The van der Waals surface area contributed by atoms with Crippen molar-refractivity contribution in [3.63, 3.8) is 0 Å². The summed E-state index contributed by atoms with van der Waals surface area (Å²) >= 11 is 0. The Kier molecular flexibility index (Phi) is 12.0. The van der Waals surface area contributed by atoms with Gasteiger partial charge in [0.2, 0.25) is 21.8 Å². The molecule has 0 spiro atoms. The first-order valence-corrected chi connectivity index (χ1v) is 16.2. The van der Waals surface area contributed by atoms with Crippen molar-refractivity contribution in [1.29, 1.82) is 0 Å². The van der Waals surface area contributed by atoms with Crippen molar-refractivity contribution in [3.05, 3.63) is 95.1 Å². The number of anilines is 1. The molecule has 2 amide bonds. The number of benzene rings is 3. The van der Waals surface area contributed by atoms with E-state index >= 15 is 0 Å². The third-order valence-electron chi connectivity index (χ3n) is 7.24. The van der Waals surface area contributed by atoms with E-state index in [4.69, 9.17) is 4.74 Å². The minimum atomic E-state index is -3.57. The van der Waals surface area contributed by atoms with Crippen LogP contribution in [0.4, 0.5) is 5.69 Å². The van der Waals surface area contributed by atoms with E-state index in [9.17, 15) is 18.0 Å². The van der Waals surface area contributed by atoms with Gasteiger partial charge in [-0.25, -0.2) is 8.42 Å². The van der Waals surface area contributed by atoms with E-state index in [2.05, 4.69) is 5.32 Å². The highest BCUT2D eigenvalue weighted by Crippen LogP contribution is 2.23. The molecule has 0 fully saturated rings. The number of rotatable bonds is 15. The number of methoxy groups -OCH3 is 1. The SMILES string of the molecule is CCCNC(=O)[C@@H](Cc1ccccc1)N(Cc1cccc(OC)c1)C(=O)CCCN(c1ccc(C)c(C)c1)S(C)(=O)=O. The Labute approximate surface area is 250 Å². The summed E-state index contributed by atoms with van der Waals surface area (Å²) in [4.78, 5) is 29.1. The number of nitrogens with one attached hydrogen (secondary N) is 1. The molecule has 0 aliphatic rings. The minimum absolute atomic E-state index is 0.0766. The van der Waals surface area contributed by atoms with Crippen LogP contribution in [0.15, 0.2) is 72.8 Å². The highest BCUT2D eigenvalue weighted by atomic mass is 32.2. The van der Waals surface area contributed by atoms with Gasteiger partial charge in [0.1, 0.15) is 11.8 Å². The first kappa shape index (κ1) is 32.7. The first-order valence-electron chi connectivity index (χ1n) is 14.3. The van der Waals surface area contributed by atoms with E-state index in [0.29, 0.717) is 30.8 Å². The van der Waals surface area contributed by atoms with Crippen LogP contribution in [0, 0.1) is 13.8 Å². The van der Waals surface area contributed by atoms with Gasteiger partial charge in [-0.05, 0) is 73.2 Å². The summed E-state index contributed by atoms with van der Waals surface area (Å²) in [6.45, 7) is 6.75. The Morgan fingerprint density at radius 2 is 1.64 bits per heavy atom. The van der Waals surface area contributed by atoms with Gasteiger partial charge in [-0.15, -0.1) is 0 Å². The number of hydrogen-bond donors (Lipinski definition) is 1. The number of ether oxygens (including phenoxy) is 1. The number of hydrogen-bond acceptors (Lipinski definition) is 5. The normalized spacial score (nSPS) is 11.9. The molecule has 1 N–H and O–H groups in total. The second-order valence-corrected chi connectivity index (χ2v) is 12.5.